The molecule has 2 aromatic heterocycles. The van der Waals surface area contributed by atoms with Crippen LogP contribution in [0.1, 0.15) is 49.4 Å². The molecule has 3 rings (SSSR count). The Hall–Kier alpha value is -2.88. The van der Waals surface area contributed by atoms with Crippen LogP contribution in [-0.4, -0.2) is 53.6 Å². The molecule has 3 aromatic rings. The maximum atomic E-state index is 12.9. The van der Waals surface area contributed by atoms with Gasteiger partial charge < -0.3 is 15.0 Å². The summed E-state index contributed by atoms with van der Waals surface area (Å²) in [5.41, 5.74) is 1.82. The zero-order chi connectivity index (χ0) is 24.3. The lowest BCUT2D eigenvalue weighted by atomic mass is 10.1. The topological polar surface area (TPSA) is 104 Å². The molecule has 0 saturated heterocycles. The highest BCUT2D eigenvalue weighted by Crippen LogP contribution is 2.35. The van der Waals surface area contributed by atoms with Crippen molar-refractivity contribution in [2.45, 2.75) is 20.3 Å². The standard InChI is InChI=1S/C22H22Cl2N4O4S/c1-5-8-32-22(31)17-11(2)18(21(30)28(3)4)33-20(17)25-19(29)16-10-15(26-27-16)13-7-6-12(23)9-14(13)24/h6-7,9-10H,5,8H2,1-4H3,(H,25,29)(H,26,27). The smallest absolute Gasteiger partial charge is 0.341 e. The first kappa shape index (κ1) is 24.8. The van der Waals surface area contributed by atoms with Crippen LogP contribution in [0.2, 0.25) is 10.0 Å². The number of nitrogens with zero attached hydrogens (tertiary/aromatic N) is 2. The van der Waals surface area contributed by atoms with Gasteiger partial charge >= 0.3 is 5.97 Å². The second-order valence-corrected chi connectivity index (χ2v) is 9.21. The van der Waals surface area contributed by atoms with Gasteiger partial charge in [0.25, 0.3) is 11.8 Å². The molecule has 0 aliphatic heterocycles. The number of esters is 1. The van der Waals surface area contributed by atoms with Crippen molar-refractivity contribution in [3.8, 4) is 11.3 Å². The van der Waals surface area contributed by atoms with Crippen molar-refractivity contribution in [1.29, 1.82) is 0 Å². The van der Waals surface area contributed by atoms with Crippen molar-refractivity contribution in [3.63, 3.8) is 0 Å². The first-order chi connectivity index (χ1) is 15.6. The van der Waals surface area contributed by atoms with Crippen molar-refractivity contribution in [2.75, 3.05) is 26.0 Å². The van der Waals surface area contributed by atoms with Crippen LogP contribution in [0, 0.1) is 6.92 Å². The third-order valence-corrected chi connectivity index (χ3v) is 6.39. The van der Waals surface area contributed by atoms with Gasteiger partial charge in [-0.1, -0.05) is 30.1 Å². The van der Waals surface area contributed by atoms with Crippen LogP contribution < -0.4 is 5.32 Å². The fourth-order valence-corrected chi connectivity index (χ4v) is 4.68. The minimum Gasteiger partial charge on any atom is -0.462 e. The molecule has 0 aliphatic rings. The Labute approximate surface area is 204 Å². The van der Waals surface area contributed by atoms with Crippen molar-refractivity contribution in [1.82, 2.24) is 15.1 Å². The highest BCUT2D eigenvalue weighted by molar-refractivity contribution is 7.18. The average molecular weight is 509 g/mol. The number of ether oxygens (including phenoxy) is 1. The molecule has 174 valence electrons. The number of carbonyl (C=O) groups excluding carboxylic acids is 3. The minimum absolute atomic E-state index is 0.149. The summed E-state index contributed by atoms with van der Waals surface area (Å²) in [6.07, 6.45) is 0.643. The first-order valence-electron chi connectivity index (χ1n) is 9.98. The summed E-state index contributed by atoms with van der Waals surface area (Å²) in [5, 5.41) is 10.6. The van der Waals surface area contributed by atoms with Crippen molar-refractivity contribution >= 4 is 57.3 Å². The second kappa shape index (κ2) is 10.4. The lowest BCUT2D eigenvalue weighted by Gasteiger charge is -2.09. The molecule has 11 heteroatoms. The number of carbonyl (C=O) groups is 3. The van der Waals surface area contributed by atoms with Crippen LogP contribution in [0.3, 0.4) is 0 Å². The number of hydrogen-bond acceptors (Lipinski definition) is 6. The number of thiophene rings is 1. The summed E-state index contributed by atoms with van der Waals surface area (Å²) in [5.74, 6) is -1.41. The molecule has 0 saturated carbocycles. The van der Waals surface area contributed by atoms with Crippen LogP contribution in [0.4, 0.5) is 5.00 Å². The van der Waals surface area contributed by atoms with E-state index in [1.54, 1.807) is 39.2 Å². The number of aromatic nitrogens is 2. The number of rotatable bonds is 7. The zero-order valence-electron chi connectivity index (χ0n) is 18.4. The molecule has 8 nitrogen and oxygen atoms in total. The van der Waals surface area contributed by atoms with E-state index >= 15 is 0 Å². The van der Waals surface area contributed by atoms with E-state index in [-0.39, 0.29) is 28.8 Å². The Kier molecular flexibility index (Phi) is 7.78. The summed E-state index contributed by atoms with van der Waals surface area (Å²) in [6.45, 7) is 3.76. The molecule has 2 heterocycles. The Bertz CT molecular complexity index is 1220. The molecule has 0 spiro atoms. The number of H-pyrrole nitrogens is 1. The fourth-order valence-electron chi connectivity index (χ4n) is 2.97. The van der Waals surface area contributed by atoms with E-state index in [0.29, 0.717) is 38.2 Å². The predicted octanol–water partition coefficient (Wildman–Crippen LogP) is 5.27. The van der Waals surface area contributed by atoms with Crippen molar-refractivity contribution < 1.29 is 19.1 Å². The molecule has 33 heavy (non-hydrogen) atoms. The Morgan fingerprint density at radius 2 is 1.94 bits per heavy atom. The summed E-state index contributed by atoms with van der Waals surface area (Å²) in [7, 11) is 3.23. The van der Waals surface area contributed by atoms with E-state index in [0.717, 1.165) is 11.3 Å². The molecule has 0 atom stereocenters. The molecule has 0 unspecified atom stereocenters. The van der Waals surface area contributed by atoms with Crippen LogP contribution in [0.5, 0.6) is 0 Å². The molecule has 0 fully saturated rings. The van der Waals surface area contributed by atoms with Crippen LogP contribution in [-0.2, 0) is 4.74 Å². The number of hydrogen-bond donors (Lipinski definition) is 2. The zero-order valence-corrected chi connectivity index (χ0v) is 20.7. The van der Waals surface area contributed by atoms with Gasteiger partial charge in [0.05, 0.1) is 27.8 Å². The highest BCUT2D eigenvalue weighted by Gasteiger charge is 2.28. The van der Waals surface area contributed by atoms with E-state index in [4.69, 9.17) is 27.9 Å². The second-order valence-electron chi connectivity index (χ2n) is 7.34. The van der Waals surface area contributed by atoms with Gasteiger partial charge in [-0.3, -0.25) is 14.7 Å². The molecule has 0 bridgehead atoms. The number of amides is 2. The van der Waals surface area contributed by atoms with E-state index in [1.165, 1.54) is 11.0 Å². The third kappa shape index (κ3) is 5.38. The predicted molar refractivity (Wildman–Crippen MR) is 130 cm³/mol. The summed E-state index contributed by atoms with van der Waals surface area (Å²) >= 11 is 13.2. The van der Waals surface area contributed by atoms with Gasteiger partial charge in [-0.2, -0.15) is 5.10 Å². The van der Waals surface area contributed by atoms with Gasteiger partial charge in [0.1, 0.15) is 10.7 Å². The number of nitrogens with one attached hydrogen (secondary N) is 2. The molecule has 0 radical (unpaired) electrons. The Morgan fingerprint density at radius 3 is 2.58 bits per heavy atom. The number of aromatic amines is 1. The molecular weight excluding hydrogens is 487 g/mol. The van der Waals surface area contributed by atoms with E-state index in [1.807, 2.05) is 6.92 Å². The Balaban J connectivity index is 1.92. The fraction of sp³-hybridized carbons (Fsp3) is 0.273. The van der Waals surface area contributed by atoms with E-state index in [2.05, 4.69) is 15.5 Å². The molecule has 0 aliphatic carbocycles. The lowest BCUT2D eigenvalue weighted by Crippen LogP contribution is -2.21. The summed E-state index contributed by atoms with van der Waals surface area (Å²) in [6, 6.07) is 6.49. The average Bonchev–Trinajstić information content (AvgIpc) is 3.36. The first-order valence-corrected chi connectivity index (χ1v) is 11.6. The van der Waals surface area contributed by atoms with Gasteiger partial charge in [0.2, 0.25) is 0 Å². The molecule has 2 N–H and O–H groups in total. The van der Waals surface area contributed by atoms with Crippen LogP contribution in [0.15, 0.2) is 24.3 Å². The van der Waals surface area contributed by atoms with E-state index < -0.39 is 11.9 Å². The maximum absolute atomic E-state index is 12.9. The minimum atomic E-state index is -0.600. The molecule has 1 aromatic carbocycles. The molecule has 2 amide bonds. The largest absolute Gasteiger partial charge is 0.462 e. The monoisotopic (exact) mass is 508 g/mol. The molecular formula is C22H22Cl2N4O4S. The highest BCUT2D eigenvalue weighted by atomic mass is 35.5. The number of benzene rings is 1. The van der Waals surface area contributed by atoms with Crippen molar-refractivity contribution in [2.24, 2.45) is 0 Å². The van der Waals surface area contributed by atoms with Crippen LogP contribution in [0.25, 0.3) is 11.3 Å². The quantitative estimate of drug-likeness (QED) is 0.422. The number of halogens is 2. The maximum Gasteiger partial charge on any atom is 0.341 e. The van der Waals surface area contributed by atoms with Gasteiger partial charge in [-0.15, -0.1) is 11.3 Å². The van der Waals surface area contributed by atoms with Crippen molar-refractivity contribution in [3.05, 3.63) is 56.0 Å². The summed E-state index contributed by atoms with van der Waals surface area (Å²) < 4.78 is 5.27. The lowest BCUT2D eigenvalue weighted by molar-refractivity contribution is 0.0506. The van der Waals surface area contributed by atoms with E-state index in [9.17, 15) is 14.4 Å². The number of anilines is 1. The Morgan fingerprint density at radius 1 is 1.21 bits per heavy atom. The third-order valence-electron chi connectivity index (χ3n) is 4.65. The van der Waals surface area contributed by atoms with Crippen LogP contribution >= 0.6 is 34.5 Å². The SMILES string of the molecule is CCCOC(=O)c1c(NC(=O)c2cc(-c3ccc(Cl)cc3Cl)n[nH]2)sc(C(=O)N(C)C)c1C. The van der Waals surface area contributed by atoms with Gasteiger partial charge in [0, 0.05) is 24.7 Å². The van der Waals surface area contributed by atoms with Gasteiger partial charge in [-0.05, 0) is 43.2 Å². The van der Waals surface area contributed by atoms with Gasteiger partial charge in [-0.25, -0.2) is 4.79 Å². The normalized spacial score (nSPS) is 10.7. The van der Waals surface area contributed by atoms with Gasteiger partial charge in [0.15, 0.2) is 0 Å². The summed E-state index contributed by atoms with van der Waals surface area (Å²) in [4.78, 5) is 39.9.